The van der Waals surface area contributed by atoms with Gasteiger partial charge < -0.3 is 4.90 Å². The Morgan fingerprint density at radius 3 is 2.35 bits per heavy atom. The smallest absolute Gasteiger partial charge is 0.240 e. The largest absolute Gasteiger partial charge is 0.324 e. The van der Waals surface area contributed by atoms with Crippen LogP contribution in [0.25, 0.3) is 0 Å². The van der Waals surface area contributed by atoms with E-state index < -0.39 is 14.6 Å². The molecule has 1 heterocycles. The molecule has 5 nitrogen and oxygen atoms in total. The summed E-state index contributed by atoms with van der Waals surface area (Å²) in [5.74, 6) is -0.0198. The Labute approximate surface area is 103 Å². The van der Waals surface area contributed by atoms with E-state index in [-0.39, 0.29) is 24.7 Å². The van der Waals surface area contributed by atoms with Crippen LogP contribution in [0.2, 0.25) is 0 Å². The van der Waals surface area contributed by atoms with Crippen LogP contribution in [-0.2, 0) is 14.6 Å². The van der Waals surface area contributed by atoms with Crippen LogP contribution < -0.4 is 5.32 Å². The van der Waals surface area contributed by atoms with Crippen LogP contribution in [0.15, 0.2) is 0 Å². The lowest BCUT2D eigenvalue weighted by molar-refractivity contribution is -0.130. The maximum absolute atomic E-state index is 11.9. The third-order valence-electron chi connectivity index (χ3n) is 3.41. The van der Waals surface area contributed by atoms with Crippen LogP contribution >= 0.6 is 0 Å². The van der Waals surface area contributed by atoms with E-state index in [1.165, 1.54) is 6.26 Å². The molecule has 0 spiro atoms. The zero-order valence-electron chi connectivity index (χ0n) is 11.1. The molecule has 17 heavy (non-hydrogen) atoms. The van der Waals surface area contributed by atoms with Crippen molar-refractivity contribution in [2.24, 2.45) is 0 Å². The van der Waals surface area contributed by atoms with E-state index in [0.717, 1.165) is 6.42 Å². The van der Waals surface area contributed by atoms with Crippen LogP contribution in [-0.4, -0.2) is 49.0 Å². The highest BCUT2D eigenvalue weighted by molar-refractivity contribution is 7.92. The fraction of sp³-hybridized carbons (Fsp3) is 0.909. The van der Waals surface area contributed by atoms with E-state index in [1.807, 2.05) is 6.92 Å². The summed E-state index contributed by atoms with van der Waals surface area (Å²) >= 11 is 0. The van der Waals surface area contributed by atoms with Gasteiger partial charge in [-0.25, -0.2) is 8.42 Å². The van der Waals surface area contributed by atoms with Gasteiger partial charge in [-0.05, 0) is 27.2 Å². The van der Waals surface area contributed by atoms with Gasteiger partial charge in [0, 0.05) is 12.8 Å². The van der Waals surface area contributed by atoms with E-state index in [0.29, 0.717) is 0 Å². The average molecular weight is 262 g/mol. The number of nitrogens with one attached hydrogen (secondary N) is 1. The van der Waals surface area contributed by atoms with Gasteiger partial charge >= 0.3 is 0 Å². The molecule has 1 rings (SSSR count). The molecule has 100 valence electrons. The zero-order valence-corrected chi connectivity index (χ0v) is 12.0. The molecule has 0 radical (unpaired) electrons. The molecule has 0 aliphatic carbocycles. The molecule has 2 unspecified atom stereocenters. The number of sulfone groups is 1. The second-order valence-corrected chi connectivity index (χ2v) is 7.96. The number of carbonyl (C=O) groups is 1. The predicted octanol–water partition coefficient (Wildman–Crippen LogP) is 0.366. The van der Waals surface area contributed by atoms with Crippen molar-refractivity contribution in [2.75, 3.05) is 12.8 Å². The fourth-order valence-electron chi connectivity index (χ4n) is 1.91. The first kappa shape index (κ1) is 14.4. The van der Waals surface area contributed by atoms with Gasteiger partial charge in [-0.15, -0.1) is 0 Å². The Morgan fingerprint density at radius 1 is 1.41 bits per heavy atom. The molecule has 0 aromatic heterocycles. The highest BCUT2D eigenvalue weighted by Crippen LogP contribution is 2.22. The van der Waals surface area contributed by atoms with E-state index >= 15 is 0 Å². The van der Waals surface area contributed by atoms with Crippen LogP contribution in [0.3, 0.4) is 0 Å². The summed E-state index contributed by atoms with van der Waals surface area (Å²) in [6, 6.07) is -0.227. The first-order chi connectivity index (χ1) is 7.60. The molecule has 0 aromatic rings. The van der Waals surface area contributed by atoms with E-state index in [9.17, 15) is 13.2 Å². The molecule has 1 aliphatic heterocycles. The number of nitrogens with zero attached hydrogens (tertiary/aromatic N) is 1. The van der Waals surface area contributed by atoms with Gasteiger partial charge in [-0.1, -0.05) is 6.92 Å². The average Bonchev–Trinajstić information content (AvgIpc) is 2.43. The van der Waals surface area contributed by atoms with Crippen LogP contribution in [0.4, 0.5) is 0 Å². The second-order valence-electron chi connectivity index (χ2n) is 5.31. The Bertz CT molecular complexity index is 403. The molecule has 1 fully saturated rings. The van der Waals surface area contributed by atoms with Crippen molar-refractivity contribution < 1.29 is 13.2 Å². The quantitative estimate of drug-likeness (QED) is 0.795. The molecular weight excluding hydrogens is 240 g/mol. The lowest BCUT2D eigenvalue weighted by Gasteiger charge is -2.31. The van der Waals surface area contributed by atoms with Gasteiger partial charge in [0.2, 0.25) is 5.91 Å². The summed E-state index contributed by atoms with van der Waals surface area (Å²) in [6.07, 6.45) is 1.93. The van der Waals surface area contributed by atoms with Gasteiger partial charge in [-0.3, -0.25) is 10.1 Å². The third kappa shape index (κ3) is 2.80. The van der Waals surface area contributed by atoms with Crippen molar-refractivity contribution in [3.8, 4) is 0 Å². The van der Waals surface area contributed by atoms with Crippen molar-refractivity contribution >= 4 is 15.7 Å². The fourth-order valence-corrected chi connectivity index (χ4v) is 2.28. The second kappa shape index (κ2) is 4.57. The van der Waals surface area contributed by atoms with Gasteiger partial charge in [0.15, 0.2) is 9.84 Å². The molecule has 2 atom stereocenters. The Kier molecular flexibility index (Phi) is 3.88. The summed E-state index contributed by atoms with van der Waals surface area (Å²) < 4.78 is 22.4. The van der Waals surface area contributed by atoms with Gasteiger partial charge in [0.25, 0.3) is 0 Å². The zero-order chi connectivity index (χ0) is 13.4. The van der Waals surface area contributed by atoms with Gasteiger partial charge in [0.1, 0.15) is 0 Å². The molecular formula is C11H22N2O3S. The molecule has 6 heteroatoms. The lowest BCUT2D eigenvalue weighted by Crippen LogP contribution is -2.48. The van der Waals surface area contributed by atoms with Crippen molar-refractivity contribution in [3.63, 3.8) is 0 Å². The Morgan fingerprint density at radius 2 is 1.94 bits per heavy atom. The van der Waals surface area contributed by atoms with E-state index in [1.54, 1.807) is 25.7 Å². The molecule has 1 N–H and O–H groups in total. The predicted molar refractivity (Wildman–Crippen MR) is 67.3 cm³/mol. The number of carbonyl (C=O) groups excluding carboxylic acids is 1. The first-order valence-corrected chi connectivity index (χ1v) is 7.75. The van der Waals surface area contributed by atoms with Gasteiger partial charge in [-0.2, -0.15) is 0 Å². The highest BCUT2D eigenvalue weighted by Gasteiger charge is 2.41. The standard InChI is InChI=1S/C11H22N2O3S/c1-6-9-12-8(2)10(14)13(9)7-11(3,4)17(5,15)16/h8-9,12H,6-7H2,1-5H3. The van der Waals surface area contributed by atoms with E-state index in [2.05, 4.69) is 5.32 Å². The highest BCUT2D eigenvalue weighted by atomic mass is 32.2. The first-order valence-electron chi connectivity index (χ1n) is 5.86. The van der Waals surface area contributed by atoms with Crippen molar-refractivity contribution in [3.05, 3.63) is 0 Å². The maximum atomic E-state index is 11.9. The Balaban J connectivity index is 2.91. The number of hydrogen-bond donors (Lipinski definition) is 1. The SMILES string of the molecule is CCC1NC(C)C(=O)N1CC(C)(C)S(C)(=O)=O. The molecule has 1 amide bonds. The molecule has 0 bridgehead atoms. The number of amides is 1. The summed E-state index contributed by atoms with van der Waals surface area (Å²) in [6.45, 7) is 7.33. The molecule has 1 aliphatic rings. The molecule has 1 saturated heterocycles. The van der Waals surface area contributed by atoms with Crippen LogP contribution in [0, 0.1) is 0 Å². The summed E-state index contributed by atoms with van der Waals surface area (Å²) in [5.41, 5.74) is 0. The minimum Gasteiger partial charge on any atom is -0.324 e. The maximum Gasteiger partial charge on any atom is 0.240 e. The summed E-state index contributed by atoms with van der Waals surface area (Å²) in [4.78, 5) is 13.6. The van der Waals surface area contributed by atoms with Crippen molar-refractivity contribution in [1.29, 1.82) is 0 Å². The number of hydrogen-bond acceptors (Lipinski definition) is 4. The van der Waals surface area contributed by atoms with Crippen molar-refractivity contribution in [1.82, 2.24) is 10.2 Å². The molecule has 0 saturated carbocycles. The topological polar surface area (TPSA) is 66.5 Å². The summed E-state index contributed by atoms with van der Waals surface area (Å²) in [7, 11) is -3.18. The van der Waals surface area contributed by atoms with Crippen LogP contribution in [0.5, 0.6) is 0 Å². The third-order valence-corrected chi connectivity index (χ3v) is 5.55. The van der Waals surface area contributed by atoms with Gasteiger partial charge in [0.05, 0.1) is 17.0 Å². The number of rotatable bonds is 4. The normalized spacial score (nSPS) is 26.6. The monoisotopic (exact) mass is 262 g/mol. The lowest BCUT2D eigenvalue weighted by atomic mass is 10.2. The molecule has 0 aromatic carbocycles. The van der Waals surface area contributed by atoms with Crippen LogP contribution in [0.1, 0.15) is 34.1 Å². The Hall–Kier alpha value is -0.620. The van der Waals surface area contributed by atoms with Crippen molar-refractivity contribution in [2.45, 2.75) is 51.1 Å². The minimum atomic E-state index is -3.18. The van der Waals surface area contributed by atoms with E-state index in [4.69, 9.17) is 0 Å². The minimum absolute atomic E-state index is 0.0198. The summed E-state index contributed by atoms with van der Waals surface area (Å²) in [5, 5.41) is 3.16.